The molecule has 0 aliphatic carbocycles. The molecule has 0 saturated carbocycles. The van der Waals surface area contributed by atoms with Crippen LogP contribution >= 0.6 is 0 Å². The molecule has 166 valence electrons. The van der Waals surface area contributed by atoms with Crippen molar-refractivity contribution in [2.75, 3.05) is 26.3 Å². The summed E-state index contributed by atoms with van der Waals surface area (Å²) in [6, 6.07) is 15.4. The van der Waals surface area contributed by atoms with Crippen LogP contribution in [0.15, 0.2) is 48.5 Å². The third-order valence-electron chi connectivity index (χ3n) is 5.40. The lowest BCUT2D eigenvalue weighted by Gasteiger charge is -2.32. The maximum Gasteiger partial charge on any atom is 0.226 e. The lowest BCUT2D eigenvalue weighted by atomic mass is 10.0. The summed E-state index contributed by atoms with van der Waals surface area (Å²) in [7, 11) is 0. The fraction of sp³-hybridized carbons (Fsp3) is 0.440. The average Bonchev–Trinajstić information content (AvgIpc) is 2.77. The van der Waals surface area contributed by atoms with Crippen LogP contribution in [-0.2, 0) is 22.4 Å². The largest absolute Gasteiger partial charge is 0.494 e. The number of hydrogen-bond donors (Lipinski definition) is 1. The van der Waals surface area contributed by atoms with Gasteiger partial charge in [-0.1, -0.05) is 24.3 Å². The minimum absolute atomic E-state index is 0.0170. The molecule has 1 saturated heterocycles. The SMILES string of the molecule is CCOc1ccc(CC(=O)NC2CCN(C(=O)Cc3ccc(OCC)cc3)CC2)cc1. The summed E-state index contributed by atoms with van der Waals surface area (Å²) < 4.78 is 10.9. The van der Waals surface area contributed by atoms with E-state index in [1.165, 1.54) is 0 Å². The Morgan fingerprint density at radius 2 is 1.32 bits per heavy atom. The zero-order chi connectivity index (χ0) is 22.1. The first-order chi connectivity index (χ1) is 15.1. The van der Waals surface area contributed by atoms with E-state index in [0.29, 0.717) is 39.1 Å². The smallest absolute Gasteiger partial charge is 0.226 e. The van der Waals surface area contributed by atoms with Crippen LogP contribution in [0.5, 0.6) is 11.5 Å². The van der Waals surface area contributed by atoms with E-state index in [1.807, 2.05) is 67.3 Å². The highest BCUT2D eigenvalue weighted by atomic mass is 16.5. The van der Waals surface area contributed by atoms with Gasteiger partial charge in [0.2, 0.25) is 11.8 Å². The number of hydrogen-bond acceptors (Lipinski definition) is 4. The molecule has 1 N–H and O–H groups in total. The zero-order valence-electron chi connectivity index (χ0n) is 18.4. The van der Waals surface area contributed by atoms with E-state index in [1.54, 1.807) is 0 Å². The number of benzene rings is 2. The highest BCUT2D eigenvalue weighted by Gasteiger charge is 2.24. The maximum atomic E-state index is 12.6. The van der Waals surface area contributed by atoms with E-state index < -0.39 is 0 Å². The molecule has 0 radical (unpaired) electrons. The van der Waals surface area contributed by atoms with Gasteiger partial charge in [-0.3, -0.25) is 9.59 Å². The van der Waals surface area contributed by atoms with Crippen molar-refractivity contribution in [3.8, 4) is 11.5 Å². The first kappa shape index (κ1) is 22.7. The lowest BCUT2D eigenvalue weighted by Crippen LogP contribution is -2.47. The monoisotopic (exact) mass is 424 g/mol. The van der Waals surface area contributed by atoms with Crippen LogP contribution < -0.4 is 14.8 Å². The van der Waals surface area contributed by atoms with E-state index in [2.05, 4.69) is 5.32 Å². The van der Waals surface area contributed by atoms with Gasteiger partial charge in [-0.2, -0.15) is 0 Å². The second-order valence-electron chi connectivity index (χ2n) is 7.73. The van der Waals surface area contributed by atoms with Gasteiger partial charge in [0.1, 0.15) is 11.5 Å². The van der Waals surface area contributed by atoms with Gasteiger partial charge in [-0.15, -0.1) is 0 Å². The maximum absolute atomic E-state index is 12.6. The minimum atomic E-state index is 0.0170. The van der Waals surface area contributed by atoms with Crippen molar-refractivity contribution in [2.24, 2.45) is 0 Å². The van der Waals surface area contributed by atoms with Crippen molar-refractivity contribution in [1.82, 2.24) is 10.2 Å². The number of carbonyl (C=O) groups excluding carboxylic acids is 2. The molecule has 3 rings (SSSR count). The number of nitrogens with zero attached hydrogens (tertiary/aromatic N) is 1. The topological polar surface area (TPSA) is 67.9 Å². The molecular formula is C25H32N2O4. The molecule has 0 spiro atoms. The Balaban J connectivity index is 1.40. The van der Waals surface area contributed by atoms with Crippen LogP contribution in [0.3, 0.4) is 0 Å². The molecule has 0 bridgehead atoms. The molecule has 31 heavy (non-hydrogen) atoms. The standard InChI is InChI=1S/C25H32N2O4/c1-3-30-22-9-5-19(6-10-22)17-24(28)26-21-13-15-27(16-14-21)25(29)18-20-7-11-23(12-8-20)31-4-2/h5-12,21H,3-4,13-18H2,1-2H3,(H,26,28). The molecular weight excluding hydrogens is 392 g/mol. The molecule has 1 fully saturated rings. The van der Waals surface area contributed by atoms with Crippen molar-refractivity contribution in [1.29, 1.82) is 0 Å². The predicted molar refractivity (Wildman–Crippen MR) is 120 cm³/mol. The predicted octanol–water partition coefficient (Wildman–Crippen LogP) is 3.38. The van der Waals surface area contributed by atoms with Crippen LogP contribution in [0.25, 0.3) is 0 Å². The highest BCUT2D eigenvalue weighted by Crippen LogP contribution is 2.16. The van der Waals surface area contributed by atoms with Crippen molar-refractivity contribution in [3.05, 3.63) is 59.7 Å². The minimum Gasteiger partial charge on any atom is -0.494 e. The molecule has 0 aromatic heterocycles. The van der Waals surface area contributed by atoms with E-state index in [0.717, 1.165) is 35.5 Å². The Bertz CT molecular complexity index is 841. The first-order valence-corrected chi connectivity index (χ1v) is 11.1. The highest BCUT2D eigenvalue weighted by molar-refractivity contribution is 5.80. The second kappa shape index (κ2) is 11.4. The average molecular weight is 425 g/mol. The number of ether oxygens (including phenoxy) is 2. The Hall–Kier alpha value is -3.02. The van der Waals surface area contributed by atoms with E-state index in [-0.39, 0.29) is 17.9 Å². The number of amides is 2. The molecule has 0 atom stereocenters. The van der Waals surface area contributed by atoms with Gasteiger partial charge in [-0.05, 0) is 62.1 Å². The van der Waals surface area contributed by atoms with Crippen LogP contribution in [-0.4, -0.2) is 49.1 Å². The van der Waals surface area contributed by atoms with Gasteiger partial charge in [0.15, 0.2) is 0 Å². The van der Waals surface area contributed by atoms with Gasteiger partial charge in [0.05, 0.1) is 26.1 Å². The number of piperidine rings is 1. The van der Waals surface area contributed by atoms with Crippen LogP contribution in [0, 0.1) is 0 Å². The van der Waals surface area contributed by atoms with Crippen LogP contribution in [0.2, 0.25) is 0 Å². The fourth-order valence-corrected chi connectivity index (χ4v) is 3.76. The molecule has 2 aromatic carbocycles. The number of likely N-dealkylation sites (tertiary alicyclic amines) is 1. The molecule has 1 aliphatic rings. The second-order valence-corrected chi connectivity index (χ2v) is 7.73. The number of rotatable bonds is 9. The zero-order valence-corrected chi connectivity index (χ0v) is 18.4. The number of carbonyl (C=O) groups is 2. The molecule has 2 amide bonds. The summed E-state index contributed by atoms with van der Waals surface area (Å²) in [4.78, 5) is 26.9. The third-order valence-corrected chi connectivity index (χ3v) is 5.40. The van der Waals surface area contributed by atoms with Crippen molar-refractivity contribution in [2.45, 2.75) is 45.6 Å². The van der Waals surface area contributed by atoms with Gasteiger partial charge in [0.25, 0.3) is 0 Å². The third kappa shape index (κ3) is 7.02. The molecule has 6 nitrogen and oxygen atoms in total. The quantitative estimate of drug-likeness (QED) is 0.670. The Kier molecular flexibility index (Phi) is 8.33. The first-order valence-electron chi connectivity index (χ1n) is 11.1. The lowest BCUT2D eigenvalue weighted by molar-refractivity contribution is -0.131. The van der Waals surface area contributed by atoms with Gasteiger partial charge in [0, 0.05) is 19.1 Å². The van der Waals surface area contributed by atoms with Gasteiger partial charge >= 0.3 is 0 Å². The number of nitrogens with one attached hydrogen (secondary N) is 1. The summed E-state index contributed by atoms with van der Waals surface area (Å²) in [5, 5.41) is 3.11. The molecule has 0 unspecified atom stereocenters. The Morgan fingerprint density at radius 3 is 1.81 bits per heavy atom. The van der Waals surface area contributed by atoms with Crippen LogP contribution in [0.1, 0.15) is 37.8 Å². The normalized spacial score (nSPS) is 14.2. The van der Waals surface area contributed by atoms with Crippen molar-refractivity contribution >= 4 is 11.8 Å². The van der Waals surface area contributed by atoms with E-state index >= 15 is 0 Å². The summed E-state index contributed by atoms with van der Waals surface area (Å²) in [6.07, 6.45) is 2.30. The molecule has 2 aromatic rings. The van der Waals surface area contributed by atoms with Crippen molar-refractivity contribution in [3.63, 3.8) is 0 Å². The Morgan fingerprint density at radius 1 is 0.839 bits per heavy atom. The van der Waals surface area contributed by atoms with E-state index in [4.69, 9.17) is 9.47 Å². The van der Waals surface area contributed by atoms with E-state index in [9.17, 15) is 9.59 Å². The summed E-state index contributed by atoms with van der Waals surface area (Å²) in [6.45, 7) is 6.49. The molecule has 1 heterocycles. The Labute approximate surface area is 184 Å². The summed E-state index contributed by atoms with van der Waals surface area (Å²) in [5.74, 6) is 1.78. The molecule has 6 heteroatoms. The van der Waals surface area contributed by atoms with Gasteiger partial charge in [-0.25, -0.2) is 0 Å². The fourth-order valence-electron chi connectivity index (χ4n) is 3.76. The van der Waals surface area contributed by atoms with Crippen molar-refractivity contribution < 1.29 is 19.1 Å². The van der Waals surface area contributed by atoms with Gasteiger partial charge < -0.3 is 19.7 Å². The summed E-state index contributed by atoms with van der Waals surface area (Å²) in [5.41, 5.74) is 1.95. The summed E-state index contributed by atoms with van der Waals surface area (Å²) >= 11 is 0. The van der Waals surface area contributed by atoms with Crippen LogP contribution in [0.4, 0.5) is 0 Å². The molecule has 1 aliphatic heterocycles.